The fourth-order valence-electron chi connectivity index (χ4n) is 2.87. The number of benzene rings is 2. The van der Waals surface area contributed by atoms with Gasteiger partial charge in [-0.25, -0.2) is 4.39 Å². The summed E-state index contributed by atoms with van der Waals surface area (Å²) in [7, 11) is 0. The first-order valence-corrected chi connectivity index (χ1v) is 7.31. The Kier molecular flexibility index (Phi) is 4.00. The third kappa shape index (κ3) is 3.01. The minimum Gasteiger partial charge on any atom is -0.493 e. The molecule has 0 atom stereocenters. The molecule has 0 radical (unpaired) electrons. The van der Waals surface area contributed by atoms with Gasteiger partial charge in [0.1, 0.15) is 11.6 Å². The molecule has 2 heteroatoms. The van der Waals surface area contributed by atoms with Crippen LogP contribution in [0.3, 0.4) is 0 Å². The van der Waals surface area contributed by atoms with E-state index in [4.69, 9.17) is 4.74 Å². The fourth-order valence-corrected chi connectivity index (χ4v) is 2.87. The van der Waals surface area contributed by atoms with E-state index in [-0.39, 0.29) is 5.82 Å². The second kappa shape index (κ2) is 6.08. The standard InChI is InChI=1S/C18H19FO/c19-16-9-5-8-15(12-16)17-10-3-4-11-18(17)20-13-14-6-1-2-7-14/h3-5,8-12,14H,1-2,6-7,13H2. The largest absolute Gasteiger partial charge is 0.493 e. The van der Waals surface area contributed by atoms with Crippen LogP contribution in [-0.4, -0.2) is 6.61 Å². The lowest BCUT2D eigenvalue weighted by Crippen LogP contribution is -2.08. The Balaban J connectivity index is 1.80. The molecule has 1 aliphatic rings. The van der Waals surface area contributed by atoms with Crippen molar-refractivity contribution in [1.29, 1.82) is 0 Å². The highest BCUT2D eigenvalue weighted by Gasteiger charge is 2.16. The van der Waals surface area contributed by atoms with Crippen molar-refractivity contribution in [3.05, 3.63) is 54.3 Å². The summed E-state index contributed by atoms with van der Waals surface area (Å²) in [5, 5.41) is 0. The molecule has 1 saturated carbocycles. The average molecular weight is 270 g/mol. The molecule has 104 valence electrons. The van der Waals surface area contributed by atoms with Crippen LogP contribution in [-0.2, 0) is 0 Å². The van der Waals surface area contributed by atoms with Crippen LogP contribution >= 0.6 is 0 Å². The van der Waals surface area contributed by atoms with Gasteiger partial charge >= 0.3 is 0 Å². The van der Waals surface area contributed by atoms with Crippen LogP contribution in [0.25, 0.3) is 11.1 Å². The molecule has 1 nitrogen and oxygen atoms in total. The summed E-state index contributed by atoms with van der Waals surface area (Å²) < 4.78 is 19.4. The number of hydrogen-bond acceptors (Lipinski definition) is 1. The molecule has 2 aromatic rings. The van der Waals surface area contributed by atoms with Crippen LogP contribution in [0, 0.1) is 11.7 Å². The van der Waals surface area contributed by atoms with Gasteiger partial charge in [0, 0.05) is 5.56 Å². The van der Waals surface area contributed by atoms with Crippen molar-refractivity contribution in [2.75, 3.05) is 6.61 Å². The lowest BCUT2D eigenvalue weighted by atomic mass is 10.0. The minimum atomic E-state index is -0.215. The summed E-state index contributed by atoms with van der Waals surface area (Å²) in [6.45, 7) is 0.770. The van der Waals surface area contributed by atoms with Gasteiger partial charge in [0.2, 0.25) is 0 Å². The van der Waals surface area contributed by atoms with Crippen molar-refractivity contribution < 1.29 is 9.13 Å². The van der Waals surface area contributed by atoms with Gasteiger partial charge in [-0.2, -0.15) is 0 Å². The van der Waals surface area contributed by atoms with Crippen molar-refractivity contribution in [1.82, 2.24) is 0 Å². The Bertz CT molecular complexity index is 573. The van der Waals surface area contributed by atoms with Gasteiger partial charge in [-0.1, -0.05) is 43.2 Å². The third-order valence-corrected chi connectivity index (χ3v) is 3.97. The van der Waals surface area contributed by atoms with Crippen molar-refractivity contribution in [3.63, 3.8) is 0 Å². The van der Waals surface area contributed by atoms with Crippen LogP contribution in [0.15, 0.2) is 48.5 Å². The van der Waals surface area contributed by atoms with Crippen LogP contribution in [0.5, 0.6) is 5.75 Å². The maximum absolute atomic E-state index is 13.4. The zero-order valence-electron chi connectivity index (χ0n) is 11.5. The predicted octanol–water partition coefficient (Wildman–Crippen LogP) is 5.06. The third-order valence-electron chi connectivity index (χ3n) is 3.97. The monoisotopic (exact) mass is 270 g/mol. The van der Waals surface area contributed by atoms with Gasteiger partial charge in [0.15, 0.2) is 0 Å². The SMILES string of the molecule is Fc1cccc(-c2ccccc2OCC2CCCC2)c1. The summed E-state index contributed by atoms with van der Waals surface area (Å²) in [6, 6.07) is 14.5. The smallest absolute Gasteiger partial charge is 0.127 e. The quantitative estimate of drug-likeness (QED) is 0.754. The lowest BCUT2D eigenvalue weighted by molar-refractivity contribution is 0.253. The van der Waals surface area contributed by atoms with Gasteiger partial charge in [-0.05, 0) is 42.5 Å². The first-order valence-electron chi connectivity index (χ1n) is 7.31. The number of hydrogen-bond donors (Lipinski definition) is 0. The highest BCUT2D eigenvalue weighted by molar-refractivity contribution is 5.70. The Morgan fingerprint density at radius 3 is 2.60 bits per heavy atom. The molecule has 0 aromatic heterocycles. The van der Waals surface area contributed by atoms with E-state index in [1.807, 2.05) is 30.3 Å². The molecule has 0 heterocycles. The lowest BCUT2D eigenvalue weighted by Gasteiger charge is -2.14. The number of para-hydroxylation sites is 1. The van der Waals surface area contributed by atoms with Crippen LogP contribution in [0.4, 0.5) is 4.39 Å². The van der Waals surface area contributed by atoms with E-state index in [1.165, 1.54) is 31.7 Å². The molecule has 3 rings (SSSR count). The van der Waals surface area contributed by atoms with Crippen molar-refractivity contribution in [2.45, 2.75) is 25.7 Å². The Morgan fingerprint density at radius 2 is 1.80 bits per heavy atom. The van der Waals surface area contributed by atoms with E-state index < -0.39 is 0 Å². The highest BCUT2D eigenvalue weighted by atomic mass is 19.1. The van der Waals surface area contributed by atoms with E-state index in [2.05, 4.69) is 0 Å². The molecule has 1 aliphatic carbocycles. The summed E-state index contributed by atoms with van der Waals surface area (Å²) in [5.41, 5.74) is 1.83. The fraction of sp³-hybridized carbons (Fsp3) is 0.333. The van der Waals surface area contributed by atoms with E-state index in [9.17, 15) is 4.39 Å². The van der Waals surface area contributed by atoms with Gasteiger partial charge < -0.3 is 4.74 Å². The number of rotatable bonds is 4. The summed E-state index contributed by atoms with van der Waals surface area (Å²) in [4.78, 5) is 0. The Labute approximate surface area is 119 Å². The summed E-state index contributed by atoms with van der Waals surface area (Å²) in [6.07, 6.45) is 5.17. The molecule has 20 heavy (non-hydrogen) atoms. The summed E-state index contributed by atoms with van der Waals surface area (Å²) in [5.74, 6) is 1.31. The Morgan fingerprint density at radius 1 is 1.00 bits per heavy atom. The normalized spacial score (nSPS) is 15.4. The molecule has 1 fully saturated rings. The molecule has 2 aromatic carbocycles. The maximum Gasteiger partial charge on any atom is 0.127 e. The average Bonchev–Trinajstić information content (AvgIpc) is 2.99. The summed E-state index contributed by atoms with van der Waals surface area (Å²) >= 11 is 0. The molecule has 0 amide bonds. The van der Waals surface area contributed by atoms with E-state index in [0.29, 0.717) is 5.92 Å². The second-order valence-corrected chi connectivity index (χ2v) is 5.47. The zero-order chi connectivity index (χ0) is 13.8. The van der Waals surface area contributed by atoms with Crippen molar-refractivity contribution in [3.8, 4) is 16.9 Å². The Hall–Kier alpha value is -1.83. The highest BCUT2D eigenvalue weighted by Crippen LogP contribution is 2.32. The molecule has 0 spiro atoms. The van der Waals surface area contributed by atoms with Crippen LogP contribution < -0.4 is 4.74 Å². The second-order valence-electron chi connectivity index (χ2n) is 5.47. The molecular weight excluding hydrogens is 251 g/mol. The van der Waals surface area contributed by atoms with E-state index in [1.54, 1.807) is 12.1 Å². The zero-order valence-corrected chi connectivity index (χ0v) is 11.5. The molecule has 0 N–H and O–H groups in total. The van der Waals surface area contributed by atoms with Gasteiger partial charge in [0.05, 0.1) is 6.61 Å². The van der Waals surface area contributed by atoms with E-state index >= 15 is 0 Å². The van der Waals surface area contributed by atoms with Gasteiger partial charge in [0.25, 0.3) is 0 Å². The van der Waals surface area contributed by atoms with Crippen LogP contribution in [0.1, 0.15) is 25.7 Å². The minimum absolute atomic E-state index is 0.215. The topological polar surface area (TPSA) is 9.23 Å². The molecule has 0 bridgehead atoms. The number of ether oxygens (including phenoxy) is 1. The molecule has 0 aliphatic heterocycles. The first kappa shape index (κ1) is 13.2. The van der Waals surface area contributed by atoms with Crippen molar-refractivity contribution >= 4 is 0 Å². The van der Waals surface area contributed by atoms with Gasteiger partial charge in [-0.3, -0.25) is 0 Å². The van der Waals surface area contributed by atoms with Crippen molar-refractivity contribution in [2.24, 2.45) is 5.92 Å². The number of halogens is 1. The first-order chi connectivity index (χ1) is 9.83. The maximum atomic E-state index is 13.4. The molecule has 0 saturated heterocycles. The van der Waals surface area contributed by atoms with E-state index in [0.717, 1.165) is 23.5 Å². The van der Waals surface area contributed by atoms with Gasteiger partial charge in [-0.15, -0.1) is 0 Å². The van der Waals surface area contributed by atoms with Crippen LogP contribution in [0.2, 0.25) is 0 Å². The molecule has 0 unspecified atom stereocenters. The predicted molar refractivity (Wildman–Crippen MR) is 79.3 cm³/mol. The molecular formula is C18H19FO.